The normalized spacial score (nSPS) is 20.7. The number of ether oxygens (including phenoxy) is 1. The Bertz CT molecular complexity index is 677. The van der Waals surface area contributed by atoms with Gasteiger partial charge >= 0.3 is 0 Å². The van der Waals surface area contributed by atoms with Gasteiger partial charge in [0.25, 0.3) is 5.91 Å². The van der Waals surface area contributed by atoms with Crippen LogP contribution in [-0.4, -0.2) is 53.1 Å². The number of aromatic nitrogens is 2. The van der Waals surface area contributed by atoms with E-state index in [-0.39, 0.29) is 18.1 Å². The van der Waals surface area contributed by atoms with Crippen molar-refractivity contribution in [3.63, 3.8) is 0 Å². The molecule has 126 valence electrons. The number of benzene rings is 1. The first-order valence-electron chi connectivity index (χ1n) is 7.89. The maximum absolute atomic E-state index is 12.6. The summed E-state index contributed by atoms with van der Waals surface area (Å²) in [6.45, 7) is 1.10. The van der Waals surface area contributed by atoms with Crippen molar-refractivity contribution in [1.82, 2.24) is 14.9 Å². The van der Waals surface area contributed by atoms with E-state index in [0.717, 1.165) is 12.1 Å². The minimum atomic E-state index is -0.136. The molecule has 2 aromatic rings. The lowest BCUT2D eigenvalue weighted by molar-refractivity contribution is 0.0161. The first-order valence-corrected chi connectivity index (χ1v) is 7.89. The summed E-state index contributed by atoms with van der Waals surface area (Å²) in [4.78, 5) is 22.7. The number of para-hydroxylation sites is 1. The zero-order valence-corrected chi connectivity index (χ0v) is 13.6. The number of likely N-dealkylation sites (tertiary alicyclic amines) is 1. The van der Waals surface area contributed by atoms with E-state index in [2.05, 4.69) is 15.3 Å². The Morgan fingerprint density at radius 1 is 1.29 bits per heavy atom. The molecule has 0 aliphatic carbocycles. The summed E-state index contributed by atoms with van der Waals surface area (Å²) in [6, 6.07) is 9.59. The summed E-state index contributed by atoms with van der Waals surface area (Å²) in [5, 5.41) is 3.09. The lowest BCUT2D eigenvalue weighted by Crippen LogP contribution is -2.53. The Balaban J connectivity index is 1.66. The minimum absolute atomic E-state index is 0.0345. The first kappa shape index (κ1) is 16.4. The highest BCUT2D eigenvalue weighted by Crippen LogP contribution is 2.16. The van der Waals surface area contributed by atoms with Crippen LogP contribution < -0.4 is 11.1 Å². The number of nitrogens with one attached hydrogen (secondary N) is 1. The number of carbonyl (C=O) groups is 1. The second-order valence-electron chi connectivity index (χ2n) is 5.76. The highest BCUT2D eigenvalue weighted by Gasteiger charge is 2.29. The third-order valence-corrected chi connectivity index (χ3v) is 4.13. The SMILES string of the molecule is CO[C@@H]1CN(C(=O)c2cnc(Nc3ccccc3)nc2)CC[C@@H]1N. The van der Waals surface area contributed by atoms with Gasteiger partial charge in [-0.15, -0.1) is 0 Å². The quantitative estimate of drug-likeness (QED) is 0.882. The molecule has 0 spiro atoms. The van der Waals surface area contributed by atoms with E-state index >= 15 is 0 Å². The standard InChI is InChI=1S/C17H21N5O2/c1-24-15-11-22(8-7-14(15)18)16(23)12-9-19-17(20-10-12)21-13-5-3-2-4-6-13/h2-6,9-10,14-15H,7-8,11,18H2,1H3,(H,19,20,21)/t14-,15+/m0/s1. The second kappa shape index (κ2) is 7.37. The van der Waals surface area contributed by atoms with Crippen LogP contribution in [0.1, 0.15) is 16.8 Å². The van der Waals surface area contributed by atoms with Crippen LogP contribution in [0.25, 0.3) is 0 Å². The largest absolute Gasteiger partial charge is 0.378 e. The van der Waals surface area contributed by atoms with Crippen LogP contribution in [-0.2, 0) is 4.74 Å². The molecule has 0 bridgehead atoms. The number of nitrogens with two attached hydrogens (primary N) is 1. The molecule has 3 N–H and O–H groups in total. The molecule has 2 atom stereocenters. The van der Waals surface area contributed by atoms with Gasteiger partial charge < -0.3 is 20.7 Å². The molecule has 1 saturated heterocycles. The maximum Gasteiger partial charge on any atom is 0.257 e. The van der Waals surface area contributed by atoms with E-state index in [0.29, 0.717) is 24.6 Å². The zero-order valence-electron chi connectivity index (χ0n) is 13.6. The average molecular weight is 327 g/mol. The molecule has 0 radical (unpaired) electrons. The molecule has 1 fully saturated rings. The van der Waals surface area contributed by atoms with Gasteiger partial charge in [-0.1, -0.05) is 18.2 Å². The van der Waals surface area contributed by atoms with Crippen molar-refractivity contribution >= 4 is 17.5 Å². The Morgan fingerprint density at radius 3 is 2.67 bits per heavy atom. The molecular weight excluding hydrogens is 306 g/mol. The predicted octanol–water partition coefficient (Wildman–Crippen LogP) is 1.41. The van der Waals surface area contributed by atoms with Gasteiger partial charge in [-0.2, -0.15) is 0 Å². The zero-order chi connectivity index (χ0) is 16.9. The van der Waals surface area contributed by atoms with Crippen molar-refractivity contribution < 1.29 is 9.53 Å². The maximum atomic E-state index is 12.6. The van der Waals surface area contributed by atoms with Gasteiger partial charge in [-0.25, -0.2) is 9.97 Å². The van der Waals surface area contributed by atoms with Crippen LogP contribution >= 0.6 is 0 Å². The van der Waals surface area contributed by atoms with Crippen molar-refractivity contribution in [2.45, 2.75) is 18.6 Å². The Hall–Kier alpha value is -2.51. The second-order valence-corrected chi connectivity index (χ2v) is 5.76. The number of hydrogen-bond acceptors (Lipinski definition) is 6. The van der Waals surface area contributed by atoms with Crippen molar-refractivity contribution in [3.8, 4) is 0 Å². The summed E-state index contributed by atoms with van der Waals surface area (Å²) in [6.07, 6.45) is 3.66. The number of rotatable bonds is 4. The van der Waals surface area contributed by atoms with Crippen molar-refractivity contribution in [1.29, 1.82) is 0 Å². The van der Waals surface area contributed by atoms with Gasteiger partial charge in [0.1, 0.15) is 0 Å². The van der Waals surface area contributed by atoms with E-state index in [4.69, 9.17) is 10.5 Å². The van der Waals surface area contributed by atoms with Crippen molar-refractivity contribution in [2.75, 3.05) is 25.5 Å². The van der Waals surface area contributed by atoms with Crippen LogP contribution in [0, 0.1) is 0 Å². The highest BCUT2D eigenvalue weighted by molar-refractivity contribution is 5.93. The van der Waals surface area contributed by atoms with E-state index in [9.17, 15) is 4.79 Å². The summed E-state index contributed by atoms with van der Waals surface area (Å²) in [7, 11) is 1.62. The number of amides is 1. The van der Waals surface area contributed by atoms with E-state index in [1.807, 2.05) is 30.3 Å². The third-order valence-electron chi connectivity index (χ3n) is 4.13. The number of hydrogen-bond donors (Lipinski definition) is 2. The van der Waals surface area contributed by atoms with E-state index < -0.39 is 0 Å². The van der Waals surface area contributed by atoms with Gasteiger partial charge in [0.15, 0.2) is 0 Å². The molecule has 3 rings (SSSR count). The van der Waals surface area contributed by atoms with Gasteiger partial charge in [0.05, 0.1) is 11.7 Å². The van der Waals surface area contributed by atoms with Crippen LogP contribution in [0.5, 0.6) is 0 Å². The molecule has 0 unspecified atom stereocenters. The third kappa shape index (κ3) is 3.69. The number of methoxy groups -OCH3 is 1. The van der Waals surface area contributed by atoms with E-state index in [1.54, 1.807) is 12.0 Å². The van der Waals surface area contributed by atoms with Crippen LogP contribution in [0.15, 0.2) is 42.7 Å². The molecule has 1 aromatic heterocycles. The monoisotopic (exact) mass is 327 g/mol. The number of nitrogens with zero attached hydrogens (tertiary/aromatic N) is 3. The molecule has 0 saturated carbocycles. The summed E-state index contributed by atoms with van der Waals surface area (Å²) < 4.78 is 5.35. The molecule has 2 heterocycles. The molecule has 1 aromatic carbocycles. The van der Waals surface area contributed by atoms with Crippen molar-refractivity contribution in [3.05, 3.63) is 48.3 Å². The molecule has 7 heteroatoms. The fourth-order valence-corrected chi connectivity index (χ4v) is 2.70. The molecule has 1 aliphatic heterocycles. The van der Waals surface area contributed by atoms with Gasteiger partial charge in [0, 0.05) is 44.3 Å². The smallest absolute Gasteiger partial charge is 0.257 e. The molecular formula is C17H21N5O2. The average Bonchev–Trinajstić information content (AvgIpc) is 2.63. The fourth-order valence-electron chi connectivity index (χ4n) is 2.70. The topological polar surface area (TPSA) is 93.4 Å². The van der Waals surface area contributed by atoms with Gasteiger partial charge in [0.2, 0.25) is 5.95 Å². The molecule has 24 heavy (non-hydrogen) atoms. The van der Waals surface area contributed by atoms with Gasteiger partial charge in [-0.05, 0) is 18.6 Å². The summed E-state index contributed by atoms with van der Waals surface area (Å²) >= 11 is 0. The van der Waals surface area contributed by atoms with Crippen LogP contribution in [0.2, 0.25) is 0 Å². The van der Waals surface area contributed by atoms with Gasteiger partial charge in [-0.3, -0.25) is 4.79 Å². The molecule has 7 nitrogen and oxygen atoms in total. The summed E-state index contributed by atoms with van der Waals surface area (Å²) in [5.74, 6) is 0.350. The van der Waals surface area contributed by atoms with Crippen LogP contribution in [0.4, 0.5) is 11.6 Å². The van der Waals surface area contributed by atoms with Crippen molar-refractivity contribution in [2.24, 2.45) is 5.73 Å². The highest BCUT2D eigenvalue weighted by atomic mass is 16.5. The minimum Gasteiger partial charge on any atom is -0.378 e. The number of anilines is 2. The summed E-state index contributed by atoms with van der Waals surface area (Å²) in [5.41, 5.74) is 7.34. The Kier molecular flexibility index (Phi) is 5.02. The predicted molar refractivity (Wildman–Crippen MR) is 91.0 cm³/mol. The molecule has 1 amide bonds. The number of piperidine rings is 1. The fraction of sp³-hybridized carbons (Fsp3) is 0.353. The lowest BCUT2D eigenvalue weighted by atomic mass is 10.0. The Morgan fingerprint density at radius 2 is 2.00 bits per heavy atom. The van der Waals surface area contributed by atoms with Crippen LogP contribution in [0.3, 0.4) is 0 Å². The lowest BCUT2D eigenvalue weighted by Gasteiger charge is -2.35. The number of carbonyl (C=O) groups excluding carboxylic acids is 1. The van der Waals surface area contributed by atoms with E-state index in [1.165, 1.54) is 12.4 Å². The first-order chi connectivity index (χ1) is 11.7. The molecule has 1 aliphatic rings. The Labute approximate surface area is 140 Å².